The van der Waals surface area contributed by atoms with Gasteiger partial charge in [0.25, 0.3) is 5.91 Å². The van der Waals surface area contributed by atoms with Crippen molar-refractivity contribution in [3.8, 4) is 10.7 Å². The number of carbonyl (C=O) groups is 1. The van der Waals surface area contributed by atoms with Gasteiger partial charge in [-0.15, -0.1) is 34.0 Å². The molecule has 1 N–H and O–H groups in total. The predicted molar refractivity (Wildman–Crippen MR) is 101 cm³/mol. The van der Waals surface area contributed by atoms with E-state index in [1.165, 1.54) is 22.7 Å². The van der Waals surface area contributed by atoms with Gasteiger partial charge in [-0.1, -0.05) is 12.1 Å². The molecule has 0 spiro atoms. The maximum Gasteiger partial charge on any atom is 0.267 e. The van der Waals surface area contributed by atoms with Crippen LogP contribution in [0.4, 0.5) is 5.13 Å². The van der Waals surface area contributed by atoms with Crippen molar-refractivity contribution in [3.63, 3.8) is 0 Å². The van der Waals surface area contributed by atoms with E-state index in [-0.39, 0.29) is 5.91 Å². The molecule has 3 heterocycles. The number of rotatable bonds is 3. The molecule has 0 radical (unpaired) electrons. The Morgan fingerprint density at radius 3 is 2.74 bits per heavy atom. The van der Waals surface area contributed by atoms with Gasteiger partial charge in [-0.3, -0.25) is 10.1 Å². The van der Waals surface area contributed by atoms with Crippen molar-refractivity contribution < 1.29 is 4.79 Å². The zero-order valence-corrected chi connectivity index (χ0v) is 15.5. The van der Waals surface area contributed by atoms with Gasteiger partial charge in [-0.2, -0.15) is 0 Å². The molecule has 0 bridgehead atoms. The topological polar surface area (TPSA) is 54.9 Å². The molecule has 1 amide bonds. The van der Waals surface area contributed by atoms with Crippen LogP contribution >= 0.6 is 49.9 Å². The Morgan fingerprint density at radius 1 is 1.09 bits per heavy atom. The lowest BCUT2D eigenvalue weighted by Crippen LogP contribution is -2.09. The van der Waals surface area contributed by atoms with Crippen LogP contribution in [0.5, 0.6) is 0 Å². The predicted octanol–water partition coefficient (Wildman–Crippen LogP) is 5.50. The number of hydrogen-bond donors (Lipinski definition) is 1. The molecule has 0 aliphatic rings. The van der Waals surface area contributed by atoms with E-state index < -0.39 is 0 Å². The molecule has 4 rings (SSSR count). The van der Waals surface area contributed by atoms with Gasteiger partial charge >= 0.3 is 0 Å². The summed E-state index contributed by atoms with van der Waals surface area (Å²) in [5.41, 5.74) is 1.76. The number of amides is 1. The minimum absolute atomic E-state index is 0.147. The Kier molecular flexibility index (Phi) is 3.98. The Labute approximate surface area is 152 Å². The molecule has 4 nitrogen and oxygen atoms in total. The Hall–Kier alpha value is -1.61. The second kappa shape index (κ2) is 6.12. The van der Waals surface area contributed by atoms with Crippen LogP contribution in [-0.4, -0.2) is 15.9 Å². The Morgan fingerprint density at radius 2 is 1.96 bits per heavy atom. The standard InChI is InChI=1S/C15H8BrN3OS3/c16-12-6-5-11(22-12)13(20)19-15-18-9(7-21-15)14-17-8-3-1-2-4-10(8)23-14/h1-7H,(H,18,19,20). The van der Waals surface area contributed by atoms with Crippen molar-refractivity contribution in [1.82, 2.24) is 9.97 Å². The summed E-state index contributed by atoms with van der Waals surface area (Å²) in [6, 6.07) is 11.6. The lowest BCUT2D eigenvalue weighted by Gasteiger charge is -1.97. The number of hydrogen-bond acceptors (Lipinski definition) is 6. The zero-order chi connectivity index (χ0) is 15.8. The van der Waals surface area contributed by atoms with E-state index in [0.29, 0.717) is 10.0 Å². The fourth-order valence-electron chi connectivity index (χ4n) is 2.01. The molecule has 0 unspecified atom stereocenters. The summed E-state index contributed by atoms with van der Waals surface area (Å²) in [6.45, 7) is 0. The summed E-state index contributed by atoms with van der Waals surface area (Å²) >= 11 is 7.75. The van der Waals surface area contributed by atoms with Crippen LogP contribution in [-0.2, 0) is 0 Å². The number of nitrogens with zero attached hydrogens (tertiary/aromatic N) is 2. The summed E-state index contributed by atoms with van der Waals surface area (Å²) in [6.07, 6.45) is 0. The largest absolute Gasteiger partial charge is 0.297 e. The molecule has 0 fully saturated rings. The van der Waals surface area contributed by atoms with Gasteiger partial charge in [-0.25, -0.2) is 9.97 Å². The lowest BCUT2D eigenvalue weighted by atomic mass is 10.3. The van der Waals surface area contributed by atoms with Crippen molar-refractivity contribution in [3.05, 3.63) is 50.4 Å². The van der Waals surface area contributed by atoms with Crippen molar-refractivity contribution >= 4 is 71.2 Å². The Bertz CT molecular complexity index is 971. The van der Waals surface area contributed by atoms with Crippen molar-refractivity contribution in [2.75, 3.05) is 5.32 Å². The van der Waals surface area contributed by atoms with Gasteiger partial charge in [0.1, 0.15) is 10.7 Å². The monoisotopic (exact) mass is 421 g/mol. The highest BCUT2D eigenvalue weighted by molar-refractivity contribution is 9.11. The van der Waals surface area contributed by atoms with E-state index in [1.54, 1.807) is 17.4 Å². The Balaban J connectivity index is 1.57. The van der Waals surface area contributed by atoms with Crippen LogP contribution in [0.3, 0.4) is 0 Å². The molecular weight excluding hydrogens is 414 g/mol. The number of halogens is 1. The number of para-hydroxylation sites is 1. The molecule has 23 heavy (non-hydrogen) atoms. The third-order valence-corrected chi connectivity index (χ3v) is 6.47. The number of fused-ring (bicyclic) bond motifs is 1. The van der Waals surface area contributed by atoms with Crippen molar-refractivity contribution in [1.29, 1.82) is 0 Å². The van der Waals surface area contributed by atoms with Gasteiger partial charge in [0.05, 0.1) is 18.9 Å². The maximum atomic E-state index is 12.1. The second-order valence-electron chi connectivity index (χ2n) is 4.58. The molecule has 0 aliphatic heterocycles. The van der Waals surface area contributed by atoms with E-state index in [2.05, 4.69) is 31.2 Å². The molecule has 114 valence electrons. The molecule has 0 aliphatic carbocycles. The van der Waals surface area contributed by atoms with Crippen LogP contribution in [0, 0.1) is 0 Å². The quantitative estimate of drug-likeness (QED) is 0.475. The number of anilines is 1. The third kappa shape index (κ3) is 3.07. The average molecular weight is 422 g/mol. The second-order valence-corrected chi connectivity index (χ2v) is 8.93. The summed E-state index contributed by atoms with van der Waals surface area (Å²) in [7, 11) is 0. The third-order valence-electron chi connectivity index (χ3n) is 3.03. The van der Waals surface area contributed by atoms with Gasteiger partial charge < -0.3 is 0 Å². The summed E-state index contributed by atoms with van der Waals surface area (Å²) in [5.74, 6) is -0.147. The number of aromatic nitrogens is 2. The number of thiophene rings is 1. The molecule has 4 aromatic rings. The van der Waals surface area contributed by atoms with Crippen LogP contribution in [0.1, 0.15) is 9.67 Å². The molecule has 0 saturated heterocycles. The number of nitrogens with one attached hydrogen (secondary N) is 1. The zero-order valence-electron chi connectivity index (χ0n) is 11.4. The minimum Gasteiger partial charge on any atom is -0.297 e. The normalized spacial score (nSPS) is 11.0. The van der Waals surface area contributed by atoms with Crippen LogP contribution < -0.4 is 5.32 Å². The molecule has 8 heteroatoms. The SMILES string of the molecule is O=C(Nc1nc(-c2nc3ccccc3s2)cs1)c1ccc(Br)s1. The van der Waals surface area contributed by atoms with E-state index >= 15 is 0 Å². The van der Waals surface area contributed by atoms with E-state index in [4.69, 9.17) is 0 Å². The number of thiazole rings is 2. The first-order valence-electron chi connectivity index (χ1n) is 6.57. The van der Waals surface area contributed by atoms with E-state index in [0.717, 1.165) is 24.7 Å². The van der Waals surface area contributed by atoms with Gasteiger partial charge in [0.2, 0.25) is 0 Å². The highest BCUT2D eigenvalue weighted by atomic mass is 79.9. The minimum atomic E-state index is -0.147. The van der Waals surface area contributed by atoms with E-state index in [1.807, 2.05) is 35.7 Å². The van der Waals surface area contributed by atoms with Crippen LogP contribution in [0.2, 0.25) is 0 Å². The number of benzene rings is 1. The van der Waals surface area contributed by atoms with Gasteiger partial charge in [0, 0.05) is 5.38 Å². The smallest absolute Gasteiger partial charge is 0.267 e. The maximum absolute atomic E-state index is 12.1. The average Bonchev–Trinajstić information content (AvgIpc) is 3.25. The molecule has 0 saturated carbocycles. The first kappa shape index (κ1) is 14.9. The first-order valence-corrected chi connectivity index (χ1v) is 9.88. The van der Waals surface area contributed by atoms with E-state index in [9.17, 15) is 4.79 Å². The lowest BCUT2D eigenvalue weighted by molar-refractivity contribution is 0.103. The van der Waals surface area contributed by atoms with Crippen molar-refractivity contribution in [2.24, 2.45) is 0 Å². The molecule has 3 aromatic heterocycles. The summed E-state index contributed by atoms with van der Waals surface area (Å²) < 4.78 is 2.06. The summed E-state index contributed by atoms with van der Waals surface area (Å²) in [4.78, 5) is 21.9. The molecule has 0 atom stereocenters. The molecule has 1 aromatic carbocycles. The van der Waals surface area contributed by atoms with Gasteiger partial charge in [-0.05, 0) is 40.2 Å². The number of carbonyl (C=O) groups excluding carboxylic acids is 1. The highest BCUT2D eigenvalue weighted by Gasteiger charge is 2.13. The van der Waals surface area contributed by atoms with Crippen molar-refractivity contribution in [2.45, 2.75) is 0 Å². The molecular formula is C15H8BrN3OS3. The van der Waals surface area contributed by atoms with Crippen LogP contribution in [0.25, 0.3) is 20.9 Å². The van der Waals surface area contributed by atoms with Crippen LogP contribution in [0.15, 0.2) is 45.6 Å². The fourth-order valence-corrected chi connectivity index (χ4v) is 4.98. The fraction of sp³-hybridized carbons (Fsp3) is 0. The first-order chi connectivity index (χ1) is 11.2. The summed E-state index contributed by atoms with van der Waals surface area (Å²) in [5, 5.41) is 6.19. The van der Waals surface area contributed by atoms with Gasteiger partial charge in [0.15, 0.2) is 5.13 Å². The highest BCUT2D eigenvalue weighted by Crippen LogP contribution is 2.32.